The van der Waals surface area contributed by atoms with Crippen molar-refractivity contribution >= 4 is 0 Å². The van der Waals surface area contributed by atoms with E-state index in [0.717, 1.165) is 6.42 Å². The van der Waals surface area contributed by atoms with Crippen molar-refractivity contribution < 1.29 is 41.5 Å². The second kappa shape index (κ2) is 5.64. The normalized spacial score (nSPS) is 29.5. The van der Waals surface area contributed by atoms with Crippen LogP contribution in [0, 0.1) is 12.3 Å². The Bertz CT molecular complexity index is 126. The van der Waals surface area contributed by atoms with Crippen LogP contribution in [0.3, 0.4) is 0 Å². The summed E-state index contributed by atoms with van der Waals surface area (Å²) in [6.45, 7) is 9.38. The van der Waals surface area contributed by atoms with Crippen LogP contribution >= 0.6 is 0 Å². The molecule has 3 heteroatoms. The van der Waals surface area contributed by atoms with Gasteiger partial charge >= 0.3 is 0 Å². The fourth-order valence-electron chi connectivity index (χ4n) is 1.13. The van der Waals surface area contributed by atoms with Gasteiger partial charge in [0.05, 0.1) is 0 Å². The third-order valence-corrected chi connectivity index (χ3v) is 1.94. The summed E-state index contributed by atoms with van der Waals surface area (Å²) in [4.78, 5) is 0. The first-order valence-electron chi connectivity index (χ1n) is 4.25. The van der Waals surface area contributed by atoms with Crippen molar-refractivity contribution in [3.05, 3.63) is 6.92 Å². The van der Waals surface area contributed by atoms with Gasteiger partial charge in [-0.05, 0) is 6.42 Å². The molecule has 0 aromatic heterocycles. The van der Waals surface area contributed by atoms with Crippen LogP contribution in [0.1, 0.15) is 40.0 Å². The largest absolute Gasteiger partial charge is 0.331 e. The summed E-state index contributed by atoms with van der Waals surface area (Å²) in [7, 11) is 0. The summed E-state index contributed by atoms with van der Waals surface area (Å²) in [5, 5.41) is 0. The van der Waals surface area contributed by atoms with Crippen LogP contribution in [-0.2, 0) is 32.7 Å². The molecule has 0 aromatic carbocycles. The van der Waals surface area contributed by atoms with E-state index in [4.69, 9.17) is 0 Å². The fraction of sp³-hybridized carbons (Fsp3) is 0.889. The summed E-state index contributed by atoms with van der Waals surface area (Å²) < 4.78 is 24.6. The van der Waals surface area contributed by atoms with Gasteiger partial charge in [-0.25, -0.2) is 8.78 Å². The van der Waals surface area contributed by atoms with Crippen molar-refractivity contribution in [2.24, 2.45) is 5.41 Å². The van der Waals surface area contributed by atoms with Crippen molar-refractivity contribution in [3.8, 4) is 0 Å². The predicted octanol–water partition coefficient (Wildman–Crippen LogP) is 3.67. The zero-order chi connectivity index (χ0) is 9.12. The van der Waals surface area contributed by atoms with E-state index in [0.29, 0.717) is 6.42 Å². The molecule has 1 radical (unpaired) electrons. The molecule has 1 atom stereocenters. The van der Waals surface area contributed by atoms with Gasteiger partial charge in [-0.3, -0.25) is 0 Å². The second-order valence-electron chi connectivity index (χ2n) is 2.91. The molecule has 0 aromatic rings. The Morgan fingerprint density at radius 1 is 1.33 bits per heavy atom. The molecule has 1 saturated carbocycles. The number of hydrogen-bond donors (Lipinski definition) is 0. The zero-order valence-corrected chi connectivity index (χ0v) is 11.0. The summed E-state index contributed by atoms with van der Waals surface area (Å²) in [5.41, 5.74) is -0.887. The summed E-state index contributed by atoms with van der Waals surface area (Å²) >= 11 is 0. The van der Waals surface area contributed by atoms with Crippen molar-refractivity contribution in [2.75, 3.05) is 0 Å². The fourth-order valence-corrected chi connectivity index (χ4v) is 1.13. The van der Waals surface area contributed by atoms with E-state index >= 15 is 0 Å². The number of halogens is 2. The van der Waals surface area contributed by atoms with Gasteiger partial charge in [-0.2, -0.15) is 0 Å². The maximum Gasteiger partial charge on any atom is 0.225 e. The van der Waals surface area contributed by atoms with Gasteiger partial charge < -0.3 is 6.92 Å². The quantitative estimate of drug-likeness (QED) is 0.658. The van der Waals surface area contributed by atoms with Gasteiger partial charge in [0.2, 0.25) is 5.92 Å². The number of alkyl halides is 2. The van der Waals surface area contributed by atoms with Crippen LogP contribution in [0.2, 0.25) is 0 Å². The molecule has 0 heterocycles. The summed E-state index contributed by atoms with van der Waals surface area (Å²) in [6, 6.07) is 0. The number of rotatable bonds is 2. The Morgan fingerprint density at radius 3 is 1.75 bits per heavy atom. The molecule has 12 heavy (non-hydrogen) atoms. The minimum atomic E-state index is -2.46. The Labute approximate surface area is 99.4 Å². The van der Waals surface area contributed by atoms with Crippen molar-refractivity contribution in [1.29, 1.82) is 0 Å². The molecule has 1 aliphatic carbocycles. The first-order chi connectivity index (χ1) is 5.02. The number of hydrogen-bond acceptors (Lipinski definition) is 0. The Balaban J connectivity index is 0. The monoisotopic (exact) mass is 252 g/mol. The molecule has 0 nitrogen and oxygen atoms in total. The van der Waals surface area contributed by atoms with Crippen molar-refractivity contribution in [1.82, 2.24) is 0 Å². The van der Waals surface area contributed by atoms with Crippen LogP contribution in [0.4, 0.5) is 8.78 Å². The molecule has 0 spiro atoms. The Morgan fingerprint density at radius 2 is 1.67 bits per heavy atom. The smallest absolute Gasteiger partial charge is 0.225 e. The van der Waals surface area contributed by atoms with Crippen LogP contribution in [-0.4, -0.2) is 5.92 Å². The van der Waals surface area contributed by atoms with Crippen LogP contribution in [0.15, 0.2) is 0 Å². The second-order valence-corrected chi connectivity index (χ2v) is 2.91. The van der Waals surface area contributed by atoms with Crippen molar-refractivity contribution in [3.63, 3.8) is 0 Å². The van der Waals surface area contributed by atoms with Gasteiger partial charge in [0, 0.05) is 32.7 Å². The molecular formula is C9H17F2Y-. The summed E-state index contributed by atoms with van der Waals surface area (Å²) in [6.07, 6.45) is 1.35. The maximum atomic E-state index is 12.3. The van der Waals surface area contributed by atoms with Gasteiger partial charge in [0.15, 0.2) is 0 Å². The zero-order valence-electron chi connectivity index (χ0n) is 8.16. The van der Waals surface area contributed by atoms with E-state index in [9.17, 15) is 8.78 Å². The molecule has 71 valence electrons. The van der Waals surface area contributed by atoms with Crippen molar-refractivity contribution in [2.45, 2.75) is 46.0 Å². The molecule has 0 saturated heterocycles. The minimum Gasteiger partial charge on any atom is -0.331 e. The van der Waals surface area contributed by atoms with E-state index in [1.807, 2.05) is 20.8 Å². The first-order valence-corrected chi connectivity index (χ1v) is 4.25. The van der Waals surface area contributed by atoms with E-state index in [-0.39, 0.29) is 39.1 Å². The standard InChI is InChI=1S/C7H11F2.C2H6.Y/c1-3-4-6(2)5-7(6,8)9;1-2;/h2-5H2,1H3;1-2H3;/q-1;;. The third kappa shape index (κ3) is 3.37. The molecule has 1 unspecified atom stereocenters. The van der Waals surface area contributed by atoms with Gasteiger partial charge in [-0.1, -0.05) is 39.0 Å². The minimum absolute atomic E-state index is 0. The predicted molar refractivity (Wildman–Crippen MR) is 43.6 cm³/mol. The molecule has 0 aliphatic heterocycles. The summed E-state index contributed by atoms with van der Waals surface area (Å²) in [5.74, 6) is -2.46. The van der Waals surface area contributed by atoms with Gasteiger partial charge in [0.25, 0.3) is 0 Å². The molecule has 1 aliphatic rings. The van der Waals surface area contributed by atoms with E-state index < -0.39 is 11.3 Å². The van der Waals surface area contributed by atoms with Gasteiger partial charge in [-0.15, -0.1) is 0 Å². The topological polar surface area (TPSA) is 0 Å². The van der Waals surface area contributed by atoms with Crippen LogP contribution in [0.5, 0.6) is 0 Å². The maximum absolute atomic E-state index is 12.3. The molecule has 1 fully saturated rings. The van der Waals surface area contributed by atoms with Gasteiger partial charge in [0.1, 0.15) is 0 Å². The average Bonchev–Trinajstić information content (AvgIpc) is 2.37. The molecule has 0 N–H and O–H groups in total. The molecular weight excluding hydrogens is 235 g/mol. The molecule has 1 rings (SSSR count). The van der Waals surface area contributed by atoms with E-state index in [2.05, 4.69) is 6.92 Å². The Hall–Kier alpha value is 0.964. The third-order valence-electron chi connectivity index (χ3n) is 1.94. The SMILES string of the molecule is CC.[CH2-]C1(CCC)CC1(F)F.[Y]. The first kappa shape index (κ1) is 15.4. The molecule has 0 bridgehead atoms. The Kier molecular flexibility index (Phi) is 7.26. The van der Waals surface area contributed by atoms with E-state index in [1.54, 1.807) is 0 Å². The van der Waals surface area contributed by atoms with E-state index in [1.165, 1.54) is 0 Å². The van der Waals surface area contributed by atoms with Crippen LogP contribution < -0.4 is 0 Å². The molecule has 0 amide bonds. The van der Waals surface area contributed by atoms with Crippen LogP contribution in [0.25, 0.3) is 0 Å². The average molecular weight is 252 g/mol.